The Bertz CT molecular complexity index is 1100. The van der Waals surface area contributed by atoms with Crippen molar-refractivity contribution in [3.05, 3.63) is 72.2 Å². The topological polar surface area (TPSA) is 75.5 Å². The van der Waals surface area contributed by atoms with Crippen LogP contribution in [0.5, 0.6) is 5.75 Å². The number of hydrogen-bond donors (Lipinski definition) is 1. The predicted molar refractivity (Wildman–Crippen MR) is 112 cm³/mol. The van der Waals surface area contributed by atoms with Crippen LogP contribution < -0.4 is 9.64 Å². The number of benzene rings is 1. The number of nitrogens with zero attached hydrogens (tertiary/aromatic N) is 3. The van der Waals surface area contributed by atoms with E-state index in [9.17, 15) is 18.0 Å². The molecule has 1 fully saturated rings. The first-order valence-corrected chi connectivity index (χ1v) is 10.0. The molecular formula is C23H20F3N3O3. The van der Waals surface area contributed by atoms with Crippen molar-refractivity contribution in [3.63, 3.8) is 0 Å². The van der Waals surface area contributed by atoms with Crippen LogP contribution in [-0.2, 0) is 6.18 Å². The Morgan fingerprint density at radius 3 is 2.44 bits per heavy atom. The second kappa shape index (κ2) is 8.86. The molecule has 1 aliphatic heterocycles. The summed E-state index contributed by atoms with van der Waals surface area (Å²) < 4.78 is 45.2. The highest BCUT2D eigenvalue weighted by molar-refractivity contribution is 5.88. The lowest BCUT2D eigenvalue weighted by atomic mass is 10.1. The van der Waals surface area contributed by atoms with E-state index < -0.39 is 17.7 Å². The number of rotatable bonds is 5. The van der Waals surface area contributed by atoms with Gasteiger partial charge in [-0.15, -0.1) is 0 Å². The first-order valence-electron chi connectivity index (χ1n) is 10.0. The smallest absolute Gasteiger partial charge is 0.419 e. The second-order valence-electron chi connectivity index (χ2n) is 7.47. The zero-order valence-electron chi connectivity index (χ0n) is 16.9. The molecule has 9 heteroatoms. The fraction of sp³-hybridized carbons (Fsp3) is 0.261. The van der Waals surface area contributed by atoms with Gasteiger partial charge in [-0.1, -0.05) is 12.1 Å². The average molecular weight is 443 g/mol. The molecule has 0 saturated carbocycles. The summed E-state index contributed by atoms with van der Waals surface area (Å²) in [4.78, 5) is 21.6. The summed E-state index contributed by atoms with van der Waals surface area (Å²) in [6.07, 6.45) is 0.889. The van der Waals surface area contributed by atoms with Gasteiger partial charge in [-0.25, -0.2) is 9.78 Å². The van der Waals surface area contributed by atoms with Crippen molar-refractivity contribution < 1.29 is 27.8 Å². The number of piperidine rings is 1. The minimum absolute atomic E-state index is 0.0979. The van der Waals surface area contributed by atoms with Crippen molar-refractivity contribution in [2.45, 2.75) is 25.1 Å². The van der Waals surface area contributed by atoms with Crippen LogP contribution in [0.25, 0.3) is 11.1 Å². The first kappa shape index (κ1) is 21.6. The van der Waals surface area contributed by atoms with Gasteiger partial charge in [0.2, 0.25) is 0 Å². The van der Waals surface area contributed by atoms with Crippen LogP contribution in [0.1, 0.15) is 28.8 Å². The van der Waals surface area contributed by atoms with Crippen LogP contribution in [0.15, 0.2) is 61.1 Å². The van der Waals surface area contributed by atoms with Gasteiger partial charge in [-0.05, 0) is 30.3 Å². The first-order chi connectivity index (χ1) is 15.3. The van der Waals surface area contributed by atoms with Crippen LogP contribution in [0.4, 0.5) is 19.0 Å². The third-order valence-corrected chi connectivity index (χ3v) is 5.32. The summed E-state index contributed by atoms with van der Waals surface area (Å²) in [5.41, 5.74) is 0.729. The van der Waals surface area contributed by atoms with Crippen molar-refractivity contribution in [3.8, 4) is 16.9 Å². The van der Waals surface area contributed by atoms with E-state index >= 15 is 0 Å². The number of anilines is 1. The number of carbonyl (C=O) groups is 1. The molecule has 166 valence electrons. The third-order valence-electron chi connectivity index (χ3n) is 5.32. The van der Waals surface area contributed by atoms with Crippen LogP contribution in [0.2, 0.25) is 0 Å². The Kier molecular flexibility index (Phi) is 5.98. The van der Waals surface area contributed by atoms with Crippen molar-refractivity contribution in [2.24, 2.45) is 0 Å². The van der Waals surface area contributed by atoms with E-state index in [1.54, 1.807) is 12.4 Å². The van der Waals surface area contributed by atoms with E-state index in [4.69, 9.17) is 9.84 Å². The van der Waals surface area contributed by atoms with Gasteiger partial charge in [0.15, 0.2) is 0 Å². The zero-order chi connectivity index (χ0) is 22.7. The molecule has 3 aromatic rings. The summed E-state index contributed by atoms with van der Waals surface area (Å²) >= 11 is 0. The molecule has 1 saturated heterocycles. The highest BCUT2D eigenvalue weighted by Gasteiger charge is 2.35. The van der Waals surface area contributed by atoms with E-state index in [0.29, 0.717) is 31.5 Å². The summed E-state index contributed by atoms with van der Waals surface area (Å²) in [6.45, 7) is 1.20. The van der Waals surface area contributed by atoms with Crippen molar-refractivity contribution in [1.29, 1.82) is 0 Å². The number of aromatic nitrogens is 2. The number of para-hydroxylation sites is 1. The van der Waals surface area contributed by atoms with E-state index in [0.717, 1.165) is 17.4 Å². The molecule has 32 heavy (non-hydrogen) atoms. The monoisotopic (exact) mass is 443 g/mol. The molecule has 0 atom stereocenters. The van der Waals surface area contributed by atoms with E-state index in [1.807, 2.05) is 17.0 Å². The van der Waals surface area contributed by atoms with Gasteiger partial charge in [0.1, 0.15) is 17.7 Å². The van der Waals surface area contributed by atoms with Gasteiger partial charge >= 0.3 is 12.1 Å². The molecule has 0 bridgehead atoms. The largest absolute Gasteiger partial charge is 0.490 e. The lowest BCUT2D eigenvalue weighted by Gasteiger charge is -2.33. The molecule has 3 heterocycles. The minimum atomic E-state index is -4.46. The number of hydrogen-bond acceptors (Lipinski definition) is 5. The normalized spacial score (nSPS) is 14.9. The maximum Gasteiger partial charge on any atom is 0.419 e. The highest BCUT2D eigenvalue weighted by atomic mass is 19.4. The maximum atomic E-state index is 13.2. The Balaban J connectivity index is 1.39. The molecule has 0 aliphatic carbocycles. The van der Waals surface area contributed by atoms with Crippen LogP contribution in [-0.4, -0.2) is 40.2 Å². The van der Waals surface area contributed by atoms with E-state index in [-0.39, 0.29) is 17.4 Å². The Labute approximate surface area is 182 Å². The zero-order valence-corrected chi connectivity index (χ0v) is 16.9. The van der Waals surface area contributed by atoms with Gasteiger partial charge in [0.05, 0.1) is 11.1 Å². The predicted octanol–water partition coefficient (Wildman–Crippen LogP) is 4.91. The molecule has 1 aliphatic rings. The van der Waals surface area contributed by atoms with Crippen LogP contribution in [0, 0.1) is 0 Å². The average Bonchev–Trinajstić information content (AvgIpc) is 2.79. The van der Waals surface area contributed by atoms with Crippen LogP contribution in [0.3, 0.4) is 0 Å². The quantitative estimate of drug-likeness (QED) is 0.604. The fourth-order valence-electron chi connectivity index (χ4n) is 3.64. The Hall–Kier alpha value is -3.62. The Morgan fingerprint density at radius 2 is 1.78 bits per heavy atom. The molecule has 4 rings (SSSR count). The highest BCUT2D eigenvalue weighted by Crippen LogP contribution is 2.37. The fourth-order valence-corrected chi connectivity index (χ4v) is 3.64. The number of ether oxygens (including phenoxy) is 1. The molecule has 2 aromatic heterocycles. The number of pyridine rings is 2. The maximum absolute atomic E-state index is 13.2. The summed E-state index contributed by atoms with van der Waals surface area (Å²) in [5, 5.41) is 9.11. The van der Waals surface area contributed by atoms with E-state index in [2.05, 4.69) is 9.97 Å². The van der Waals surface area contributed by atoms with Gasteiger partial charge in [0, 0.05) is 55.6 Å². The SMILES string of the molecule is O=C(O)c1cncc(-c2ccc(N3CCC(Oc4ccccc4C(F)(F)F)CC3)nc2)c1. The van der Waals surface area contributed by atoms with Crippen molar-refractivity contribution >= 4 is 11.8 Å². The second-order valence-corrected chi connectivity index (χ2v) is 7.47. The molecule has 1 N–H and O–H groups in total. The van der Waals surface area contributed by atoms with Gasteiger partial charge < -0.3 is 14.7 Å². The molecule has 0 amide bonds. The van der Waals surface area contributed by atoms with Crippen molar-refractivity contribution in [2.75, 3.05) is 18.0 Å². The van der Waals surface area contributed by atoms with Gasteiger partial charge in [-0.3, -0.25) is 4.98 Å². The van der Waals surface area contributed by atoms with Crippen LogP contribution >= 0.6 is 0 Å². The summed E-state index contributed by atoms with van der Waals surface area (Å²) in [5.74, 6) is -0.449. The molecule has 6 nitrogen and oxygen atoms in total. The lowest BCUT2D eigenvalue weighted by Crippen LogP contribution is -2.38. The van der Waals surface area contributed by atoms with Gasteiger partial charge in [-0.2, -0.15) is 13.2 Å². The standard InChI is InChI=1S/C23H20F3N3O3/c24-23(25,26)19-3-1-2-4-20(19)32-18-7-9-29(10-8-18)21-6-5-15(14-28-21)16-11-17(22(30)31)13-27-12-16/h1-6,11-14,18H,7-10H2,(H,30,31). The number of carboxylic acids is 1. The minimum Gasteiger partial charge on any atom is -0.490 e. The lowest BCUT2D eigenvalue weighted by molar-refractivity contribution is -0.139. The number of aromatic carboxylic acids is 1. The van der Waals surface area contributed by atoms with E-state index in [1.165, 1.54) is 30.5 Å². The number of alkyl halides is 3. The summed E-state index contributed by atoms with van der Waals surface area (Å²) in [6, 6.07) is 10.5. The third kappa shape index (κ3) is 4.82. The number of halogens is 3. The molecule has 0 radical (unpaired) electrons. The summed E-state index contributed by atoms with van der Waals surface area (Å²) in [7, 11) is 0. The molecule has 0 unspecified atom stereocenters. The molecule has 0 spiro atoms. The van der Waals surface area contributed by atoms with Gasteiger partial charge in [0.25, 0.3) is 0 Å². The molecule has 1 aromatic carbocycles. The van der Waals surface area contributed by atoms with Crippen molar-refractivity contribution in [1.82, 2.24) is 9.97 Å². The number of carboxylic acid groups (broad SMARTS) is 1. The molecular weight excluding hydrogens is 423 g/mol. The Morgan fingerprint density at radius 1 is 1.03 bits per heavy atom.